The van der Waals surface area contributed by atoms with Crippen LogP contribution in [-0.2, 0) is 4.74 Å². The number of para-hydroxylation sites is 1. The number of hydrogen-bond donors (Lipinski definition) is 2. The van der Waals surface area contributed by atoms with Crippen molar-refractivity contribution in [1.82, 2.24) is 9.97 Å². The summed E-state index contributed by atoms with van der Waals surface area (Å²) in [5, 5.41) is 6.14. The van der Waals surface area contributed by atoms with Crippen LogP contribution in [0.25, 0.3) is 0 Å². The predicted molar refractivity (Wildman–Crippen MR) is 81.8 cm³/mol. The normalized spacial score (nSPS) is 10.2. The van der Waals surface area contributed by atoms with Crippen molar-refractivity contribution in [1.29, 1.82) is 0 Å². The second-order valence-electron chi connectivity index (χ2n) is 4.12. The molecular weight excluding hydrogens is 292 g/mol. The highest BCUT2D eigenvalue weighted by Gasteiger charge is 2.10. The van der Waals surface area contributed by atoms with Gasteiger partial charge in [-0.2, -0.15) is 0 Å². The minimum atomic E-state index is -0.347. The van der Waals surface area contributed by atoms with Gasteiger partial charge in [-0.15, -0.1) is 0 Å². The van der Waals surface area contributed by atoms with Crippen LogP contribution in [0, 0.1) is 0 Å². The van der Waals surface area contributed by atoms with Gasteiger partial charge in [-0.05, 0) is 18.2 Å². The summed E-state index contributed by atoms with van der Waals surface area (Å²) in [5.74, 6) is 0.0270. The van der Waals surface area contributed by atoms with Crippen molar-refractivity contribution < 1.29 is 9.53 Å². The highest BCUT2D eigenvalue weighted by atomic mass is 35.5. The molecule has 0 radical (unpaired) electrons. The molecule has 1 heterocycles. The summed E-state index contributed by atoms with van der Waals surface area (Å²) in [7, 11) is 1.61. The van der Waals surface area contributed by atoms with E-state index in [1.54, 1.807) is 31.4 Å². The average molecular weight is 307 g/mol. The molecule has 0 aliphatic heterocycles. The number of benzene rings is 1. The van der Waals surface area contributed by atoms with Gasteiger partial charge in [-0.3, -0.25) is 4.79 Å². The first-order chi connectivity index (χ1) is 10.2. The number of amides is 1. The molecule has 2 aromatic rings. The first-order valence-corrected chi connectivity index (χ1v) is 6.70. The monoisotopic (exact) mass is 306 g/mol. The second-order valence-corrected chi connectivity index (χ2v) is 4.53. The number of halogens is 1. The van der Waals surface area contributed by atoms with Crippen LogP contribution in [0.2, 0.25) is 5.02 Å². The topological polar surface area (TPSA) is 76.1 Å². The standard InChI is InChI=1S/C14H15ClN4O2/c1-21-9-8-17-14-16-7-6-12(19-14)13(20)18-11-5-3-2-4-10(11)15/h2-7H,8-9H2,1H3,(H,18,20)(H,16,17,19). The molecule has 0 spiro atoms. The van der Waals surface area contributed by atoms with Gasteiger partial charge in [-0.1, -0.05) is 23.7 Å². The molecule has 2 rings (SSSR count). The molecular formula is C14H15ClN4O2. The Hall–Kier alpha value is -2.18. The fraction of sp³-hybridized carbons (Fsp3) is 0.214. The highest BCUT2D eigenvalue weighted by Crippen LogP contribution is 2.20. The van der Waals surface area contributed by atoms with Crippen LogP contribution in [0.15, 0.2) is 36.5 Å². The number of nitrogens with zero attached hydrogens (tertiary/aromatic N) is 2. The molecule has 0 saturated heterocycles. The SMILES string of the molecule is COCCNc1nccc(C(=O)Nc2ccccc2Cl)n1. The summed E-state index contributed by atoms with van der Waals surface area (Å²) in [6.45, 7) is 1.09. The number of aromatic nitrogens is 2. The number of carbonyl (C=O) groups excluding carboxylic acids is 1. The van der Waals surface area contributed by atoms with E-state index in [0.717, 1.165) is 0 Å². The molecule has 110 valence electrons. The quantitative estimate of drug-likeness (QED) is 0.802. The Labute approximate surface area is 127 Å². The van der Waals surface area contributed by atoms with E-state index in [4.69, 9.17) is 16.3 Å². The summed E-state index contributed by atoms with van der Waals surface area (Å²) in [4.78, 5) is 20.3. The number of anilines is 2. The van der Waals surface area contributed by atoms with Crippen molar-refractivity contribution in [3.63, 3.8) is 0 Å². The maximum atomic E-state index is 12.1. The number of ether oxygens (including phenoxy) is 1. The van der Waals surface area contributed by atoms with Gasteiger partial charge in [0.25, 0.3) is 5.91 Å². The van der Waals surface area contributed by atoms with Crippen LogP contribution in [0.3, 0.4) is 0 Å². The largest absolute Gasteiger partial charge is 0.383 e. The van der Waals surface area contributed by atoms with Gasteiger partial charge >= 0.3 is 0 Å². The molecule has 21 heavy (non-hydrogen) atoms. The molecule has 1 amide bonds. The third-order valence-corrected chi connectivity index (χ3v) is 2.93. The van der Waals surface area contributed by atoms with Crippen LogP contribution >= 0.6 is 11.6 Å². The smallest absolute Gasteiger partial charge is 0.274 e. The Morgan fingerprint density at radius 2 is 2.14 bits per heavy atom. The van der Waals surface area contributed by atoms with E-state index >= 15 is 0 Å². The highest BCUT2D eigenvalue weighted by molar-refractivity contribution is 6.33. The maximum absolute atomic E-state index is 12.1. The number of methoxy groups -OCH3 is 1. The van der Waals surface area contributed by atoms with Crippen LogP contribution in [-0.4, -0.2) is 36.1 Å². The van der Waals surface area contributed by atoms with Crippen LogP contribution in [0.1, 0.15) is 10.5 Å². The zero-order chi connectivity index (χ0) is 15.1. The Bertz CT molecular complexity index is 621. The molecule has 0 saturated carbocycles. The first-order valence-electron chi connectivity index (χ1n) is 6.32. The molecule has 0 bridgehead atoms. The van der Waals surface area contributed by atoms with Crippen molar-refractivity contribution in [2.75, 3.05) is 30.9 Å². The number of hydrogen-bond acceptors (Lipinski definition) is 5. The van der Waals surface area contributed by atoms with Gasteiger partial charge < -0.3 is 15.4 Å². The van der Waals surface area contributed by atoms with E-state index in [1.165, 1.54) is 12.3 Å². The van der Waals surface area contributed by atoms with Gasteiger partial charge in [0.2, 0.25) is 5.95 Å². The third kappa shape index (κ3) is 4.40. The molecule has 0 fully saturated rings. The predicted octanol–water partition coefficient (Wildman–Crippen LogP) is 2.44. The number of carbonyl (C=O) groups is 1. The van der Waals surface area contributed by atoms with Crippen LogP contribution < -0.4 is 10.6 Å². The van der Waals surface area contributed by atoms with E-state index in [0.29, 0.717) is 29.8 Å². The van der Waals surface area contributed by atoms with Gasteiger partial charge in [0.15, 0.2) is 0 Å². The lowest BCUT2D eigenvalue weighted by atomic mass is 10.3. The molecule has 0 aliphatic carbocycles. The van der Waals surface area contributed by atoms with Gasteiger partial charge in [-0.25, -0.2) is 9.97 Å². The van der Waals surface area contributed by atoms with Gasteiger partial charge in [0.05, 0.1) is 17.3 Å². The minimum Gasteiger partial charge on any atom is -0.383 e. The molecule has 7 heteroatoms. The van der Waals surface area contributed by atoms with E-state index in [1.807, 2.05) is 0 Å². The summed E-state index contributed by atoms with van der Waals surface area (Å²) in [5.41, 5.74) is 0.793. The fourth-order valence-corrected chi connectivity index (χ4v) is 1.77. The van der Waals surface area contributed by atoms with Crippen LogP contribution in [0.5, 0.6) is 0 Å². The lowest BCUT2D eigenvalue weighted by molar-refractivity contribution is 0.102. The molecule has 0 aliphatic rings. The second kappa shape index (κ2) is 7.56. The van der Waals surface area contributed by atoms with E-state index < -0.39 is 0 Å². The van der Waals surface area contributed by atoms with Crippen molar-refractivity contribution in [3.8, 4) is 0 Å². The molecule has 0 atom stereocenters. The van der Waals surface area contributed by atoms with Crippen molar-refractivity contribution in [2.24, 2.45) is 0 Å². The number of rotatable bonds is 6. The minimum absolute atomic E-state index is 0.254. The van der Waals surface area contributed by atoms with Crippen molar-refractivity contribution >= 4 is 29.1 Å². The van der Waals surface area contributed by atoms with Crippen molar-refractivity contribution in [3.05, 3.63) is 47.2 Å². The molecule has 2 N–H and O–H groups in total. The fourth-order valence-electron chi connectivity index (χ4n) is 1.58. The molecule has 1 aromatic heterocycles. The van der Waals surface area contributed by atoms with Crippen molar-refractivity contribution in [2.45, 2.75) is 0 Å². The zero-order valence-electron chi connectivity index (χ0n) is 11.5. The Morgan fingerprint density at radius 1 is 1.33 bits per heavy atom. The summed E-state index contributed by atoms with van der Waals surface area (Å²) in [6.07, 6.45) is 1.52. The Balaban J connectivity index is 2.05. The van der Waals surface area contributed by atoms with Gasteiger partial charge in [0, 0.05) is 19.9 Å². The molecule has 6 nitrogen and oxygen atoms in total. The number of nitrogens with one attached hydrogen (secondary N) is 2. The van der Waals surface area contributed by atoms with E-state index in [2.05, 4.69) is 20.6 Å². The summed E-state index contributed by atoms with van der Waals surface area (Å²) < 4.78 is 4.92. The first kappa shape index (κ1) is 15.2. The summed E-state index contributed by atoms with van der Waals surface area (Å²) >= 11 is 6.00. The third-order valence-electron chi connectivity index (χ3n) is 2.60. The van der Waals surface area contributed by atoms with E-state index in [9.17, 15) is 4.79 Å². The lowest BCUT2D eigenvalue weighted by Gasteiger charge is -2.08. The Kier molecular flexibility index (Phi) is 5.48. The van der Waals surface area contributed by atoms with E-state index in [-0.39, 0.29) is 11.6 Å². The summed E-state index contributed by atoms with van der Waals surface area (Å²) in [6, 6.07) is 8.54. The van der Waals surface area contributed by atoms with Gasteiger partial charge in [0.1, 0.15) is 5.69 Å². The molecule has 1 aromatic carbocycles. The molecule has 0 unspecified atom stereocenters. The zero-order valence-corrected chi connectivity index (χ0v) is 12.2. The van der Waals surface area contributed by atoms with Crippen LogP contribution in [0.4, 0.5) is 11.6 Å². The average Bonchev–Trinajstić information content (AvgIpc) is 2.50. The Morgan fingerprint density at radius 3 is 2.90 bits per heavy atom. The lowest BCUT2D eigenvalue weighted by Crippen LogP contribution is -2.16. The maximum Gasteiger partial charge on any atom is 0.274 e.